The summed E-state index contributed by atoms with van der Waals surface area (Å²) in [5, 5.41) is 0. The Kier molecular flexibility index (Phi) is 4.47. The van der Waals surface area contributed by atoms with Crippen LogP contribution in [0.4, 0.5) is 0 Å². The highest BCUT2D eigenvalue weighted by atomic mass is 16.1. The fraction of sp³-hybridized carbons (Fsp3) is 0.300. The Morgan fingerprint density at radius 2 is 1.64 bits per heavy atom. The maximum Gasteiger partial charge on any atom is 0.163 e. The molecule has 1 aliphatic carbocycles. The second-order valence-electron chi connectivity index (χ2n) is 5.98. The lowest BCUT2D eigenvalue weighted by Gasteiger charge is -2.22. The van der Waals surface area contributed by atoms with Crippen molar-refractivity contribution in [2.75, 3.05) is 0 Å². The summed E-state index contributed by atoms with van der Waals surface area (Å²) in [6.07, 6.45) is 2.92. The van der Waals surface area contributed by atoms with Crippen LogP contribution in [0.2, 0.25) is 0 Å². The van der Waals surface area contributed by atoms with Crippen molar-refractivity contribution >= 4 is 11.6 Å². The van der Waals surface area contributed by atoms with Gasteiger partial charge in [0.25, 0.3) is 0 Å². The minimum Gasteiger partial charge on any atom is -0.299 e. The van der Waals surface area contributed by atoms with Crippen LogP contribution in [0.3, 0.4) is 0 Å². The number of Topliss-reactive ketones (excluding diaryl/α,β-unsaturated/α-hetero) is 2. The van der Waals surface area contributed by atoms with Crippen LogP contribution in [0.25, 0.3) is 0 Å². The van der Waals surface area contributed by atoms with Gasteiger partial charge in [0.1, 0.15) is 5.78 Å². The molecule has 2 atom stereocenters. The molecular formula is C20H20O2. The number of hydrogen-bond acceptors (Lipinski definition) is 2. The lowest BCUT2D eigenvalue weighted by atomic mass is 9.80. The maximum absolute atomic E-state index is 12.6. The predicted octanol–water partition coefficient (Wildman–Crippen LogP) is 4.41. The topological polar surface area (TPSA) is 34.1 Å². The SMILES string of the molecule is O=C(C[C@H](c1ccccc1)[C@@H]1CCCC1=O)c1ccccc1. The molecule has 0 radical (unpaired) electrons. The van der Waals surface area contributed by atoms with Gasteiger partial charge in [-0.25, -0.2) is 0 Å². The first-order valence-corrected chi connectivity index (χ1v) is 7.91. The van der Waals surface area contributed by atoms with Gasteiger partial charge in [-0.2, -0.15) is 0 Å². The van der Waals surface area contributed by atoms with Gasteiger partial charge in [0.15, 0.2) is 5.78 Å². The first kappa shape index (κ1) is 14.7. The Morgan fingerprint density at radius 3 is 2.23 bits per heavy atom. The van der Waals surface area contributed by atoms with Crippen molar-refractivity contribution in [2.45, 2.75) is 31.6 Å². The van der Waals surface area contributed by atoms with Crippen molar-refractivity contribution in [2.24, 2.45) is 5.92 Å². The smallest absolute Gasteiger partial charge is 0.163 e. The second-order valence-corrected chi connectivity index (χ2v) is 5.98. The summed E-state index contributed by atoms with van der Waals surface area (Å²) < 4.78 is 0. The molecule has 22 heavy (non-hydrogen) atoms. The van der Waals surface area contributed by atoms with E-state index in [1.165, 1.54) is 0 Å². The number of ketones is 2. The molecule has 0 N–H and O–H groups in total. The monoisotopic (exact) mass is 292 g/mol. The van der Waals surface area contributed by atoms with Crippen molar-refractivity contribution in [1.29, 1.82) is 0 Å². The number of hydrogen-bond donors (Lipinski definition) is 0. The molecule has 0 unspecified atom stereocenters. The van der Waals surface area contributed by atoms with Crippen LogP contribution in [0.5, 0.6) is 0 Å². The van der Waals surface area contributed by atoms with Gasteiger partial charge in [-0.1, -0.05) is 60.7 Å². The van der Waals surface area contributed by atoms with Crippen LogP contribution in [0, 0.1) is 5.92 Å². The van der Waals surface area contributed by atoms with Crippen LogP contribution in [0.1, 0.15) is 47.5 Å². The van der Waals surface area contributed by atoms with E-state index >= 15 is 0 Å². The van der Waals surface area contributed by atoms with Crippen molar-refractivity contribution in [1.82, 2.24) is 0 Å². The van der Waals surface area contributed by atoms with Gasteiger partial charge >= 0.3 is 0 Å². The van der Waals surface area contributed by atoms with E-state index in [9.17, 15) is 9.59 Å². The average Bonchev–Trinajstić information content (AvgIpc) is 3.00. The Labute approximate surface area is 131 Å². The number of rotatable bonds is 5. The van der Waals surface area contributed by atoms with E-state index in [1.54, 1.807) is 0 Å². The molecule has 0 spiro atoms. The first-order valence-electron chi connectivity index (χ1n) is 7.91. The Bertz CT molecular complexity index is 646. The molecule has 0 saturated heterocycles. The van der Waals surface area contributed by atoms with Crippen LogP contribution < -0.4 is 0 Å². The molecule has 0 bridgehead atoms. The van der Waals surface area contributed by atoms with Gasteiger partial charge in [0, 0.05) is 30.2 Å². The zero-order valence-electron chi connectivity index (χ0n) is 12.6. The van der Waals surface area contributed by atoms with Gasteiger partial charge in [-0.15, -0.1) is 0 Å². The Hall–Kier alpha value is -2.22. The minimum absolute atomic E-state index is 0.00362. The molecule has 3 rings (SSSR count). The molecule has 2 aromatic rings. The summed E-state index contributed by atoms with van der Waals surface area (Å²) in [4.78, 5) is 24.8. The molecule has 2 heteroatoms. The van der Waals surface area contributed by atoms with E-state index in [0.29, 0.717) is 18.6 Å². The summed E-state index contributed by atoms with van der Waals surface area (Å²) >= 11 is 0. The predicted molar refractivity (Wildman–Crippen MR) is 86.9 cm³/mol. The molecule has 0 amide bonds. The lowest BCUT2D eigenvalue weighted by molar-refractivity contribution is -0.121. The summed E-state index contributed by atoms with van der Waals surface area (Å²) in [6, 6.07) is 19.4. The largest absolute Gasteiger partial charge is 0.299 e. The van der Waals surface area contributed by atoms with E-state index in [1.807, 2.05) is 60.7 Å². The summed E-state index contributed by atoms with van der Waals surface area (Å²) in [5.74, 6) is 0.433. The number of carbonyl (C=O) groups is 2. The van der Waals surface area contributed by atoms with E-state index in [4.69, 9.17) is 0 Å². The van der Waals surface area contributed by atoms with Crippen molar-refractivity contribution in [3.63, 3.8) is 0 Å². The third kappa shape index (κ3) is 3.16. The Balaban J connectivity index is 1.86. The van der Waals surface area contributed by atoms with Crippen molar-refractivity contribution in [3.05, 3.63) is 71.8 Å². The zero-order chi connectivity index (χ0) is 15.4. The summed E-state index contributed by atoms with van der Waals surface area (Å²) in [6.45, 7) is 0. The number of carbonyl (C=O) groups excluding carboxylic acids is 2. The highest BCUT2D eigenvalue weighted by Crippen LogP contribution is 2.37. The molecule has 1 fully saturated rings. The van der Waals surface area contributed by atoms with Gasteiger partial charge in [0.05, 0.1) is 0 Å². The fourth-order valence-corrected chi connectivity index (χ4v) is 3.40. The molecular weight excluding hydrogens is 272 g/mol. The van der Waals surface area contributed by atoms with E-state index in [2.05, 4.69) is 0 Å². The van der Waals surface area contributed by atoms with E-state index < -0.39 is 0 Å². The van der Waals surface area contributed by atoms with Crippen LogP contribution >= 0.6 is 0 Å². The molecule has 1 saturated carbocycles. The standard InChI is InChI=1S/C20H20O2/c21-19-13-7-12-17(19)18(15-8-3-1-4-9-15)14-20(22)16-10-5-2-6-11-16/h1-6,8-11,17-18H,7,12-14H2/t17-,18+/m0/s1. The van der Waals surface area contributed by atoms with E-state index in [0.717, 1.165) is 24.0 Å². The molecule has 0 heterocycles. The second kappa shape index (κ2) is 6.69. The quantitative estimate of drug-likeness (QED) is 0.765. The number of benzene rings is 2. The van der Waals surface area contributed by atoms with Crippen LogP contribution in [-0.2, 0) is 4.79 Å². The maximum atomic E-state index is 12.6. The van der Waals surface area contributed by atoms with Gasteiger partial charge in [-0.3, -0.25) is 9.59 Å². The molecule has 0 aromatic heterocycles. The molecule has 0 aliphatic heterocycles. The third-order valence-electron chi connectivity index (χ3n) is 4.57. The van der Waals surface area contributed by atoms with E-state index in [-0.39, 0.29) is 17.6 Å². The van der Waals surface area contributed by atoms with Crippen LogP contribution in [0.15, 0.2) is 60.7 Å². The third-order valence-corrected chi connectivity index (χ3v) is 4.57. The highest BCUT2D eigenvalue weighted by Gasteiger charge is 2.34. The minimum atomic E-state index is -0.00457. The summed E-state index contributed by atoms with van der Waals surface area (Å²) in [5.41, 5.74) is 1.83. The normalized spacial score (nSPS) is 19.1. The van der Waals surface area contributed by atoms with Crippen molar-refractivity contribution in [3.8, 4) is 0 Å². The lowest BCUT2D eigenvalue weighted by Crippen LogP contribution is -2.20. The van der Waals surface area contributed by atoms with Gasteiger partial charge < -0.3 is 0 Å². The molecule has 1 aliphatic rings. The molecule has 2 aromatic carbocycles. The van der Waals surface area contributed by atoms with Crippen LogP contribution in [-0.4, -0.2) is 11.6 Å². The first-order chi connectivity index (χ1) is 10.8. The Morgan fingerprint density at radius 1 is 1.00 bits per heavy atom. The van der Waals surface area contributed by atoms with Crippen molar-refractivity contribution < 1.29 is 9.59 Å². The van der Waals surface area contributed by atoms with Gasteiger partial charge in [0.2, 0.25) is 0 Å². The summed E-state index contributed by atoms with van der Waals surface area (Å²) in [7, 11) is 0. The fourth-order valence-electron chi connectivity index (χ4n) is 3.40. The molecule has 112 valence electrons. The average molecular weight is 292 g/mol. The highest BCUT2D eigenvalue weighted by molar-refractivity contribution is 5.97. The zero-order valence-corrected chi connectivity index (χ0v) is 12.6. The van der Waals surface area contributed by atoms with Gasteiger partial charge in [-0.05, 0) is 18.4 Å². The molecule has 2 nitrogen and oxygen atoms in total.